The lowest BCUT2D eigenvalue weighted by Gasteiger charge is -2.23. The molecule has 0 atom stereocenters. The number of ketones is 1. The van der Waals surface area contributed by atoms with Gasteiger partial charge in [0, 0.05) is 38.6 Å². The van der Waals surface area contributed by atoms with E-state index in [0.29, 0.717) is 16.7 Å². The minimum absolute atomic E-state index is 0.0179. The van der Waals surface area contributed by atoms with E-state index in [1.165, 1.54) is 33.8 Å². The Morgan fingerprint density at radius 2 is 1.09 bits per heavy atom. The molecule has 21 nitrogen and oxygen atoms in total. The van der Waals surface area contributed by atoms with Crippen LogP contribution in [-0.2, 0) is 41.7 Å². The lowest BCUT2D eigenvalue weighted by atomic mass is 9.99. The van der Waals surface area contributed by atoms with Crippen molar-refractivity contribution in [3.8, 4) is 0 Å². The number of Topliss-reactive ketones (excluding diaryl/α,β-unsaturated/α-hetero) is 1. The predicted molar refractivity (Wildman–Crippen MR) is 245 cm³/mol. The SMILES string of the molecule is CC(=O)CN(CCNC(=O)OC(c1ccc(C)cc1)c1ccc(C)cc1)C(=O)Cn1cc2c(C)ncnc2n1.Cc1ncnc2nn(CC(=O)N(CCNC(=O)OC(C)(C)C)CC(=O)O)cc12. The predicted octanol–water partition coefficient (Wildman–Crippen LogP) is 4.26. The maximum absolute atomic E-state index is 13.0. The second-order valence-electron chi connectivity index (χ2n) is 16.7. The zero-order chi connectivity index (χ0) is 48.8. The molecule has 2 aromatic carbocycles. The van der Waals surface area contributed by atoms with Crippen molar-refractivity contribution >= 4 is 57.8 Å². The highest BCUT2D eigenvalue weighted by molar-refractivity contribution is 5.85. The smallest absolute Gasteiger partial charge is 0.408 e. The van der Waals surface area contributed by atoms with Gasteiger partial charge < -0.3 is 35.0 Å². The van der Waals surface area contributed by atoms with Crippen LogP contribution < -0.4 is 10.6 Å². The van der Waals surface area contributed by atoms with Gasteiger partial charge in [0.25, 0.3) is 0 Å². The van der Waals surface area contributed by atoms with Crippen molar-refractivity contribution in [3.05, 3.63) is 107 Å². The molecule has 6 rings (SSSR count). The summed E-state index contributed by atoms with van der Waals surface area (Å²) in [6.07, 6.45) is 4.30. The number of carboxylic acid groups (broad SMARTS) is 1. The van der Waals surface area contributed by atoms with Gasteiger partial charge in [-0.15, -0.1) is 0 Å². The number of aliphatic carboxylic acids is 1. The molecule has 0 radical (unpaired) electrons. The molecule has 354 valence electrons. The number of carboxylic acids is 1. The first-order valence-electron chi connectivity index (χ1n) is 21.4. The summed E-state index contributed by atoms with van der Waals surface area (Å²) in [7, 11) is 0. The van der Waals surface area contributed by atoms with E-state index in [-0.39, 0.29) is 57.5 Å². The molecule has 21 heteroatoms. The molecule has 67 heavy (non-hydrogen) atoms. The van der Waals surface area contributed by atoms with Gasteiger partial charge in [-0.25, -0.2) is 29.5 Å². The summed E-state index contributed by atoms with van der Waals surface area (Å²) in [6, 6.07) is 15.6. The number of carbonyl (C=O) groups is 6. The number of fused-ring (bicyclic) bond motifs is 2. The highest BCUT2D eigenvalue weighted by atomic mass is 16.6. The number of rotatable bonds is 17. The molecule has 4 amide bonds. The standard InChI is InChI=1S/C29H32N6O4.C17H24N6O5/c1-19-5-9-23(10-6-19)27(24-11-7-20(2)8-12-24)39-29(38)30-13-14-34(15-21(3)36)26(37)17-35-16-25-22(4)31-18-32-28(25)33-35;1-11-12-7-23(21-15(12)20-10-19-11)8-13(24)22(9-14(25)26)6-5-18-16(27)28-17(2,3)4/h5-12,16,18,27H,13-15,17H2,1-4H3,(H,30,38);7,10H,5-6,8-9H2,1-4H3,(H,18,27)(H,25,26). The van der Waals surface area contributed by atoms with Crippen LogP contribution in [0.15, 0.2) is 73.6 Å². The average Bonchev–Trinajstić information content (AvgIpc) is 3.87. The van der Waals surface area contributed by atoms with Crippen LogP contribution in [0.3, 0.4) is 0 Å². The van der Waals surface area contributed by atoms with Crippen LogP contribution in [0.1, 0.15) is 67.4 Å². The maximum atomic E-state index is 13.0. The molecule has 0 unspecified atom stereocenters. The van der Waals surface area contributed by atoms with Gasteiger partial charge in [-0.2, -0.15) is 10.2 Å². The van der Waals surface area contributed by atoms with Crippen LogP contribution in [0.5, 0.6) is 0 Å². The minimum Gasteiger partial charge on any atom is -0.480 e. The van der Waals surface area contributed by atoms with Crippen molar-refractivity contribution in [1.82, 2.24) is 59.9 Å². The number of aryl methyl sites for hydroxylation is 4. The van der Waals surface area contributed by atoms with Gasteiger partial charge in [0.05, 0.1) is 28.7 Å². The van der Waals surface area contributed by atoms with Crippen LogP contribution in [0, 0.1) is 27.7 Å². The Hall–Kier alpha value is -7.84. The third-order valence-electron chi connectivity index (χ3n) is 9.85. The second kappa shape index (κ2) is 22.9. The summed E-state index contributed by atoms with van der Waals surface area (Å²) < 4.78 is 13.8. The molecule has 0 spiro atoms. The maximum Gasteiger partial charge on any atom is 0.408 e. The van der Waals surface area contributed by atoms with Crippen LogP contribution in [-0.4, -0.2) is 135 Å². The number of carbonyl (C=O) groups excluding carboxylic acids is 5. The number of amides is 4. The Morgan fingerprint density at radius 3 is 1.49 bits per heavy atom. The number of nitrogens with zero attached hydrogens (tertiary/aromatic N) is 10. The molecule has 0 fully saturated rings. The third kappa shape index (κ3) is 15.4. The van der Waals surface area contributed by atoms with Gasteiger partial charge >= 0.3 is 18.2 Å². The van der Waals surface area contributed by atoms with Crippen LogP contribution in [0.4, 0.5) is 9.59 Å². The summed E-state index contributed by atoms with van der Waals surface area (Å²) in [5.74, 6) is -2.09. The largest absolute Gasteiger partial charge is 0.480 e. The zero-order valence-corrected chi connectivity index (χ0v) is 38.8. The average molecular weight is 921 g/mol. The number of hydrogen-bond acceptors (Lipinski definition) is 14. The van der Waals surface area contributed by atoms with E-state index < -0.39 is 42.3 Å². The van der Waals surface area contributed by atoms with E-state index in [2.05, 4.69) is 40.8 Å². The van der Waals surface area contributed by atoms with Crippen molar-refractivity contribution in [1.29, 1.82) is 0 Å². The summed E-state index contributed by atoms with van der Waals surface area (Å²) in [5, 5.41) is 24.3. The fourth-order valence-corrected chi connectivity index (χ4v) is 6.52. The van der Waals surface area contributed by atoms with E-state index >= 15 is 0 Å². The molecule has 6 aromatic rings. The molecule has 0 aliphatic rings. The van der Waals surface area contributed by atoms with Crippen molar-refractivity contribution in [2.24, 2.45) is 0 Å². The van der Waals surface area contributed by atoms with Gasteiger partial charge in [0.1, 0.15) is 43.7 Å². The molecule has 0 bridgehead atoms. The lowest BCUT2D eigenvalue weighted by molar-refractivity contribution is -0.144. The normalized spacial score (nSPS) is 11.1. The van der Waals surface area contributed by atoms with Gasteiger partial charge in [-0.05, 0) is 66.5 Å². The van der Waals surface area contributed by atoms with Crippen molar-refractivity contribution in [2.75, 3.05) is 39.3 Å². The highest BCUT2D eigenvalue weighted by Gasteiger charge is 2.23. The molecule has 0 saturated heterocycles. The molecule has 4 heterocycles. The fourth-order valence-electron chi connectivity index (χ4n) is 6.52. The molecule has 4 aromatic heterocycles. The second-order valence-corrected chi connectivity index (χ2v) is 16.7. The Balaban J connectivity index is 0.000000265. The first kappa shape index (κ1) is 50.2. The van der Waals surface area contributed by atoms with Crippen LogP contribution in [0.2, 0.25) is 0 Å². The Labute approximate surface area is 386 Å². The Kier molecular flexibility index (Phi) is 17.1. The Morgan fingerprint density at radius 1 is 0.657 bits per heavy atom. The van der Waals surface area contributed by atoms with E-state index in [1.54, 1.807) is 40.1 Å². The molecular weight excluding hydrogens is 865 g/mol. The van der Waals surface area contributed by atoms with Crippen molar-refractivity contribution < 1.29 is 43.3 Å². The van der Waals surface area contributed by atoms with Gasteiger partial charge in [-0.1, -0.05) is 59.7 Å². The quantitative estimate of drug-likeness (QED) is 0.116. The molecule has 0 aliphatic heterocycles. The number of benzene rings is 2. The molecule has 0 saturated carbocycles. The van der Waals surface area contributed by atoms with E-state index in [9.17, 15) is 28.8 Å². The van der Waals surface area contributed by atoms with Crippen molar-refractivity contribution in [3.63, 3.8) is 0 Å². The van der Waals surface area contributed by atoms with Gasteiger partial charge in [0.15, 0.2) is 17.4 Å². The minimum atomic E-state index is -1.15. The topological polar surface area (TPSA) is 259 Å². The molecule has 0 aliphatic carbocycles. The van der Waals surface area contributed by atoms with E-state index in [0.717, 1.165) is 43.9 Å². The summed E-state index contributed by atoms with van der Waals surface area (Å²) in [6.45, 7) is 13.7. The monoisotopic (exact) mass is 920 g/mol. The number of nitrogens with one attached hydrogen (secondary N) is 2. The number of ether oxygens (including phenoxy) is 2. The summed E-state index contributed by atoms with van der Waals surface area (Å²) >= 11 is 0. The zero-order valence-electron chi connectivity index (χ0n) is 38.8. The van der Waals surface area contributed by atoms with Crippen LogP contribution in [0.25, 0.3) is 22.1 Å². The van der Waals surface area contributed by atoms with E-state index in [4.69, 9.17) is 14.6 Å². The first-order chi connectivity index (χ1) is 31.7. The third-order valence-corrected chi connectivity index (χ3v) is 9.85. The highest BCUT2D eigenvalue weighted by Crippen LogP contribution is 2.27. The fraction of sp³-hybridized carbons (Fsp3) is 0.391. The number of hydrogen-bond donors (Lipinski definition) is 3. The molecule has 3 N–H and O–H groups in total. The summed E-state index contributed by atoms with van der Waals surface area (Å²) in [5.41, 5.74) is 5.69. The Bertz CT molecular complexity index is 2650. The van der Waals surface area contributed by atoms with Gasteiger partial charge in [0.2, 0.25) is 11.8 Å². The molecular formula is C46H56N12O9. The van der Waals surface area contributed by atoms with Crippen molar-refractivity contribution in [2.45, 2.75) is 80.2 Å². The lowest BCUT2D eigenvalue weighted by Crippen LogP contribution is -2.43. The first-order valence-corrected chi connectivity index (χ1v) is 21.4. The number of alkyl carbamates (subject to hydrolysis) is 2. The van der Waals surface area contributed by atoms with E-state index in [1.807, 2.05) is 69.3 Å². The van der Waals surface area contributed by atoms with Crippen LogP contribution >= 0.6 is 0 Å². The number of aromatic nitrogens is 8. The summed E-state index contributed by atoms with van der Waals surface area (Å²) in [4.78, 5) is 91.9. The van der Waals surface area contributed by atoms with Gasteiger partial charge in [-0.3, -0.25) is 28.5 Å².